The van der Waals surface area contributed by atoms with Crippen molar-refractivity contribution in [2.24, 2.45) is 15.7 Å². The van der Waals surface area contributed by atoms with Crippen LogP contribution < -0.4 is 10.5 Å². The number of halogens is 2. The third-order valence-electron chi connectivity index (χ3n) is 3.52. The zero-order chi connectivity index (χ0) is 18.4. The molecule has 0 aliphatic rings. The number of rotatable bonds is 6. The first-order chi connectivity index (χ1) is 11.8. The first-order valence-corrected chi connectivity index (χ1v) is 7.89. The Kier molecular flexibility index (Phi) is 6.12. The van der Waals surface area contributed by atoms with E-state index < -0.39 is 5.60 Å². The fourth-order valence-corrected chi connectivity index (χ4v) is 2.61. The van der Waals surface area contributed by atoms with Gasteiger partial charge in [0, 0.05) is 5.56 Å². The van der Waals surface area contributed by atoms with Crippen molar-refractivity contribution in [3.8, 4) is 11.5 Å². The van der Waals surface area contributed by atoms with Crippen LogP contribution in [0.15, 0.2) is 46.4 Å². The van der Waals surface area contributed by atoms with E-state index in [9.17, 15) is 9.50 Å². The maximum absolute atomic E-state index is 13.2. The Hall–Kier alpha value is -2.44. The van der Waals surface area contributed by atoms with E-state index in [1.54, 1.807) is 38.1 Å². The van der Waals surface area contributed by atoms with Crippen molar-refractivity contribution in [2.45, 2.75) is 19.4 Å². The fourth-order valence-electron chi connectivity index (χ4n) is 2.24. The van der Waals surface area contributed by atoms with Gasteiger partial charge in [0.2, 0.25) is 0 Å². The molecular formula is C18H19ClFN3O2. The smallest absolute Gasteiger partial charge is 0.130 e. The Bertz CT molecular complexity index is 807. The van der Waals surface area contributed by atoms with E-state index in [2.05, 4.69) is 9.98 Å². The lowest BCUT2D eigenvalue weighted by molar-refractivity contribution is 0.0676. The zero-order valence-electron chi connectivity index (χ0n) is 13.9. The lowest BCUT2D eigenvalue weighted by Gasteiger charge is -2.23. The second-order valence-corrected chi connectivity index (χ2v) is 6.09. The van der Waals surface area contributed by atoms with Gasteiger partial charge >= 0.3 is 0 Å². The van der Waals surface area contributed by atoms with E-state index in [1.165, 1.54) is 18.5 Å². The summed E-state index contributed by atoms with van der Waals surface area (Å²) in [4.78, 5) is 7.62. The number of aliphatic imine (C=N–C) groups is 2. The van der Waals surface area contributed by atoms with E-state index >= 15 is 0 Å². The largest absolute Gasteiger partial charge is 0.457 e. The number of benzene rings is 2. The molecule has 7 heteroatoms. The highest BCUT2D eigenvalue weighted by molar-refractivity contribution is 6.31. The van der Waals surface area contributed by atoms with Gasteiger partial charge in [0.05, 0.1) is 17.9 Å². The summed E-state index contributed by atoms with van der Waals surface area (Å²) in [5, 5.41) is 10.9. The normalized spacial score (nSPS) is 14.1. The van der Waals surface area contributed by atoms with Crippen LogP contribution in [0, 0.1) is 12.7 Å². The van der Waals surface area contributed by atoms with Crippen LogP contribution in [0.25, 0.3) is 0 Å². The van der Waals surface area contributed by atoms with Crippen molar-refractivity contribution in [3.63, 3.8) is 0 Å². The summed E-state index contributed by atoms with van der Waals surface area (Å²) in [6.45, 7) is 3.42. The van der Waals surface area contributed by atoms with E-state index in [1.807, 2.05) is 0 Å². The third kappa shape index (κ3) is 5.01. The molecule has 25 heavy (non-hydrogen) atoms. The van der Waals surface area contributed by atoms with Crippen molar-refractivity contribution in [2.75, 3.05) is 6.54 Å². The average molecular weight is 364 g/mol. The second kappa shape index (κ2) is 8.09. The van der Waals surface area contributed by atoms with Gasteiger partial charge in [-0.3, -0.25) is 4.99 Å². The molecule has 0 saturated heterocycles. The first-order valence-electron chi connectivity index (χ1n) is 7.51. The van der Waals surface area contributed by atoms with Gasteiger partial charge in [-0.1, -0.05) is 17.7 Å². The predicted molar refractivity (Wildman–Crippen MR) is 98.3 cm³/mol. The summed E-state index contributed by atoms with van der Waals surface area (Å²) < 4.78 is 18.9. The Morgan fingerprint density at radius 1 is 1.32 bits per heavy atom. The minimum absolute atomic E-state index is 0.0708. The van der Waals surface area contributed by atoms with E-state index in [4.69, 9.17) is 22.1 Å². The molecule has 1 unspecified atom stereocenters. The molecule has 0 amide bonds. The molecule has 2 rings (SSSR count). The lowest BCUT2D eigenvalue weighted by atomic mass is 9.96. The SMILES string of the molecule is Cc1cc(F)ccc1Oc1ccc(C(C)(O)CN=CN=CN)c(Cl)c1. The monoisotopic (exact) mass is 363 g/mol. The number of aryl methyl sites for hydroxylation is 1. The number of aliphatic hydroxyl groups is 1. The van der Waals surface area contributed by atoms with Crippen LogP contribution in [0.3, 0.4) is 0 Å². The summed E-state index contributed by atoms with van der Waals surface area (Å²) in [7, 11) is 0. The van der Waals surface area contributed by atoms with E-state index in [0.717, 1.165) is 6.34 Å². The van der Waals surface area contributed by atoms with Gasteiger partial charge < -0.3 is 15.6 Å². The van der Waals surface area contributed by atoms with Crippen LogP contribution in [0.5, 0.6) is 11.5 Å². The molecule has 2 aromatic carbocycles. The third-order valence-corrected chi connectivity index (χ3v) is 3.83. The van der Waals surface area contributed by atoms with E-state index in [-0.39, 0.29) is 12.4 Å². The predicted octanol–water partition coefficient (Wildman–Crippen LogP) is 3.80. The van der Waals surface area contributed by atoms with Crippen LogP contribution in [-0.4, -0.2) is 24.3 Å². The minimum atomic E-state index is -1.28. The summed E-state index contributed by atoms with van der Waals surface area (Å²) in [5.41, 5.74) is 5.01. The van der Waals surface area contributed by atoms with Gasteiger partial charge in [-0.25, -0.2) is 9.38 Å². The summed E-state index contributed by atoms with van der Waals surface area (Å²) in [6.07, 6.45) is 2.37. The molecule has 0 fully saturated rings. The van der Waals surface area contributed by atoms with Crippen molar-refractivity contribution < 1.29 is 14.2 Å². The van der Waals surface area contributed by atoms with Crippen LogP contribution in [0.2, 0.25) is 5.02 Å². The molecule has 0 bridgehead atoms. The zero-order valence-corrected chi connectivity index (χ0v) is 14.7. The molecule has 0 saturated carbocycles. The molecule has 0 aliphatic heterocycles. The van der Waals surface area contributed by atoms with Gasteiger partial charge in [0.15, 0.2) is 0 Å². The number of hydrogen-bond donors (Lipinski definition) is 2. The molecule has 2 aromatic rings. The highest BCUT2D eigenvalue weighted by Gasteiger charge is 2.25. The summed E-state index contributed by atoms with van der Waals surface area (Å²) in [6, 6.07) is 9.20. The summed E-state index contributed by atoms with van der Waals surface area (Å²) in [5.74, 6) is 0.686. The number of nitrogens with zero attached hydrogens (tertiary/aromatic N) is 2. The fraction of sp³-hybridized carbons (Fsp3) is 0.222. The van der Waals surface area contributed by atoms with Gasteiger partial charge in [-0.05, 0) is 49.7 Å². The van der Waals surface area contributed by atoms with Gasteiger partial charge in [0.25, 0.3) is 0 Å². The van der Waals surface area contributed by atoms with E-state index in [0.29, 0.717) is 27.6 Å². The maximum Gasteiger partial charge on any atom is 0.130 e. The molecule has 0 heterocycles. The quantitative estimate of drug-likeness (QED) is 0.605. The van der Waals surface area contributed by atoms with Crippen LogP contribution >= 0.6 is 11.6 Å². The minimum Gasteiger partial charge on any atom is -0.457 e. The van der Waals surface area contributed by atoms with Crippen LogP contribution in [0.4, 0.5) is 4.39 Å². The van der Waals surface area contributed by atoms with Crippen LogP contribution in [0.1, 0.15) is 18.1 Å². The topological polar surface area (TPSA) is 80.2 Å². The average Bonchev–Trinajstić information content (AvgIpc) is 2.54. The molecule has 0 radical (unpaired) electrons. The Morgan fingerprint density at radius 3 is 2.72 bits per heavy atom. The van der Waals surface area contributed by atoms with Gasteiger partial charge in [-0.15, -0.1) is 0 Å². The highest BCUT2D eigenvalue weighted by Crippen LogP contribution is 2.33. The summed E-state index contributed by atoms with van der Waals surface area (Å²) >= 11 is 6.28. The molecule has 132 valence electrons. The Morgan fingerprint density at radius 2 is 2.08 bits per heavy atom. The lowest BCUT2D eigenvalue weighted by Crippen LogP contribution is -2.25. The second-order valence-electron chi connectivity index (χ2n) is 5.68. The van der Waals surface area contributed by atoms with Crippen molar-refractivity contribution in [1.29, 1.82) is 0 Å². The highest BCUT2D eigenvalue weighted by atomic mass is 35.5. The molecule has 0 spiro atoms. The molecular weight excluding hydrogens is 345 g/mol. The standard InChI is InChI=1S/C18H19ClFN3O2/c1-12-7-13(20)3-6-17(12)25-14-4-5-15(16(19)8-14)18(2,24)9-22-11-23-10-21/h3-8,10-11,24H,9H2,1-2H3,(H2,21,22,23). The molecule has 1 atom stereocenters. The van der Waals surface area contributed by atoms with Crippen molar-refractivity contribution in [3.05, 3.63) is 58.4 Å². The Labute approximate surface area is 150 Å². The first kappa shape index (κ1) is 18.9. The van der Waals surface area contributed by atoms with Crippen molar-refractivity contribution in [1.82, 2.24) is 0 Å². The molecule has 5 nitrogen and oxygen atoms in total. The van der Waals surface area contributed by atoms with Gasteiger partial charge in [0.1, 0.15) is 29.3 Å². The van der Waals surface area contributed by atoms with Crippen LogP contribution in [-0.2, 0) is 5.60 Å². The van der Waals surface area contributed by atoms with Crippen molar-refractivity contribution >= 4 is 24.3 Å². The molecule has 0 aromatic heterocycles. The number of nitrogens with two attached hydrogens (primary N) is 1. The molecule has 3 N–H and O–H groups in total. The number of hydrogen-bond acceptors (Lipinski definition) is 3. The Balaban J connectivity index is 2.19. The number of ether oxygens (including phenoxy) is 1. The van der Waals surface area contributed by atoms with Gasteiger partial charge in [-0.2, -0.15) is 0 Å². The molecule has 0 aliphatic carbocycles. The maximum atomic E-state index is 13.2.